The number of nitrogens with one attached hydrogen (secondary N) is 2. The van der Waals surface area contributed by atoms with Crippen molar-refractivity contribution in [1.82, 2.24) is 10.6 Å². The Hall–Kier alpha value is -2.90. The molecule has 8 heteroatoms. The minimum Gasteiger partial charge on any atom is -0.455 e. The summed E-state index contributed by atoms with van der Waals surface area (Å²) in [6.07, 6.45) is 0.938. The Balaban J connectivity index is 1.86. The summed E-state index contributed by atoms with van der Waals surface area (Å²) in [6, 6.07) is 6.94. The van der Waals surface area contributed by atoms with Crippen LogP contribution in [0.5, 0.6) is 0 Å². The van der Waals surface area contributed by atoms with Gasteiger partial charge in [0.05, 0.1) is 5.92 Å². The highest BCUT2D eigenvalue weighted by Crippen LogP contribution is 2.26. The highest BCUT2D eigenvalue weighted by Gasteiger charge is 2.36. The molecule has 2 rings (SSSR count). The van der Waals surface area contributed by atoms with Crippen molar-refractivity contribution in [1.29, 1.82) is 0 Å². The molecule has 1 aliphatic rings. The zero-order valence-electron chi connectivity index (χ0n) is 14.9. The number of hydrogen-bond acceptors (Lipinski definition) is 5. The van der Waals surface area contributed by atoms with Crippen LogP contribution in [-0.2, 0) is 25.5 Å². The average molecular weight is 361 g/mol. The highest BCUT2D eigenvalue weighted by molar-refractivity contribution is 6.00. The molecule has 4 amide bonds. The van der Waals surface area contributed by atoms with E-state index < -0.39 is 30.4 Å². The van der Waals surface area contributed by atoms with Gasteiger partial charge in [-0.2, -0.15) is 0 Å². The van der Waals surface area contributed by atoms with Crippen molar-refractivity contribution in [3.8, 4) is 0 Å². The summed E-state index contributed by atoms with van der Waals surface area (Å²) < 4.78 is 4.93. The molecule has 26 heavy (non-hydrogen) atoms. The Labute approximate surface area is 151 Å². The van der Waals surface area contributed by atoms with Crippen molar-refractivity contribution in [3.63, 3.8) is 0 Å². The van der Waals surface area contributed by atoms with Crippen LogP contribution in [0.4, 0.5) is 10.5 Å². The lowest BCUT2D eigenvalue weighted by Crippen LogP contribution is -2.41. The number of benzene rings is 1. The predicted octanol–water partition coefficient (Wildman–Crippen LogP) is 0.991. The molecule has 140 valence electrons. The zero-order valence-corrected chi connectivity index (χ0v) is 14.9. The van der Waals surface area contributed by atoms with Gasteiger partial charge in [0.25, 0.3) is 5.91 Å². The monoisotopic (exact) mass is 361 g/mol. The Kier molecular flexibility index (Phi) is 6.71. The second-order valence-electron chi connectivity index (χ2n) is 5.94. The van der Waals surface area contributed by atoms with Gasteiger partial charge < -0.3 is 15.0 Å². The molecule has 1 aromatic rings. The molecule has 0 spiro atoms. The maximum absolute atomic E-state index is 12.2. The van der Waals surface area contributed by atoms with Gasteiger partial charge in [-0.25, -0.2) is 4.79 Å². The third-order valence-corrected chi connectivity index (χ3v) is 4.05. The summed E-state index contributed by atoms with van der Waals surface area (Å²) >= 11 is 0. The van der Waals surface area contributed by atoms with Gasteiger partial charge >= 0.3 is 12.0 Å². The SMILES string of the molecule is CCNC(=O)NC(=O)COC(=O)[C@H]1CC(=O)N(c2ccc(CC)cc2)C1. The van der Waals surface area contributed by atoms with E-state index in [2.05, 4.69) is 5.32 Å². The molecule has 1 aromatic carbocycles. The number of anilines is 1. The molecular weight excluding hydrogens is 338 g/mol. The molecule has 1 heterocycles. The molecule has 0 unspecified atom stereocenters. The van der Waals surface area contributed by atoms with Gasteiger partial charge in [-0.3, -0.25) is 19.7 Å². The number of aryl methyl sites for hydroxylation is 1. The van der Waals surface area contributed by atoms with Crippen molar-refractivity contribution in [2.24, 2.45) is 5.92 Å². The van der Waals surface area contributed by atoms with Gasteiger partial charge in [0.1, 0.15) is 0 Å². The van der Waals surface area contributed by atoms with E-state index in [4.69, 9.17) is 4.74 Å². The summed E-state index contributed by atoms with van der Waals surface area (Å²) in [6.45, 7) is 3.78. The zero-order chi connectivity index (χ0) is 19.1. The molecule has 0 aromatic heterocycles. The van der Waals surface area contributed by atoms with Crippen LogP contribution >= 0.6 is 0 Å². The first-order valence-corrected chi connectivity index (χ1v) is 8.58. The number of carbonyl (C=O) groups excluding carboxylic acids is 4. The van der Waals surface area contributed by atoms with Gasteiger partial charge in [-0.15, -0.1) is 0 Å². The number of rotatable bonds is 6. The van der Waals surface area contributed by atoms with E-state index in [0.717, 1.165) is 17.7 Å². The van der Waals surface area contributed by atoms with E-state index in [1.807, 2.05) is 36.5 Å². The number of hydrogen-bond donors (Lipinski definition) is 2. The quantitative estimate of drug-likeness (QED) is 0.735. The van der Waals surface area contributed by atoms with E-state index in [1.54, 1.807) is 11.8 Å². The van der Waals surface area contributed by atoms with Crippen molar-refractivity contribution in [2.75, 3.05) is 24.6 Å². The number of esters is 1. The van der Waals surface area contributed by atoms with Gasteiger partial charge in [0.15, 0.2) is 6.61 Å². The van der Waals surface area contributed by atoms with E-state index in [9.17, 15) is 19.2 Å². The van der Waals surface area contributed by atoms with Crippen molar-refractivity contribution >= 4 is 29.5 Å². The van der Waals surface area contributed by atoms with Crippen LogP contribution in [0.1, 0.15) is 25.8 Å². The Morgan fingerprint density at radius 3 is 2.50 bits per heavy atom. The van der Waals surface area contributed by atoms with Gasteiger partial charge in [0.2, 0.25) is 5.91 Å². The minimum absolute atomic E-state index is 0.0340. The number of nitrogens with zero attached hydrogens (tertiary/aromatic N) is 1. The van der Waals surface area contributed by atoms with Crippen LogP contribution in [0.2, 0.25) is 0 Å². The first-order valence-electron chi connectivity index (χ1n) is 8.58. The fourth-order valence-electron chi connectivity index (χ4n) is 2.65. The summed E-state index contributed by atoms with van der Waals surface area (Å²) in [7, 11) is 0. The summed E-state index contributed by atoms with van der Waals surface area (Å²) in [4.78, 5) is 48.6. The lowest BCUT2D eigenvalue weighted by molar-refractivity contribution is -0.152. The average Bonchev–Trinajstić information content (AvgIpc) is 3.01. The molecule has 2 N–H and O–H groups in total. The van der Waals surface area contributed by atoms with E-state index in [1.165, 1.54) is 0 Å². The third kappa shape index (κ3) is 5.05. The predicted molar refractivity (Wildman–Crippen MR) is 94.5 cm³/mol. The topological polar surface area (TPSA) is 105 Å². The fraction of sp³-hybridized carbons (Fsp3) is 0.444. The Bertz CT molecular complexity index is 687. The summed E-state index contributed by atoms with van der Waals surface area (Å²) in [5.74, 6) is -2.15. The highest BCUT2D eigenvalue weighted by atomic mass is 16.5. The van der Waals surface area contributed by atoms with Gasteiger partial charge in [-0.05, 0) is 31.0 Å². The van der Waals surface area contributed by atoms with E-state index in [-0.39, 0.29) is 18.9 Å². The number of ether oxygens (including phenoxy) is 1. The second-order valence-corrected chi connectivity index (χ2v) is 5.94. The number of imide groups is 1. The molecule has 0 bridgehead atoms. The third-order valence-electron chi connectivity index (χ3n) is 4.05. The van der Waals surface area contributed by atoms with Gasteiger partial charge in [-0.1, -0.05) is 19.1 Å². The van der Waals surface area contributed by atoms with Crippen molar-refractivity contribution < 1.29 is 23.9 Å². The van der Waals surface area contributed by atoms with Crippen LogP contribution in [0.15, 0.2) is 24.3 Å². The number of carbonyl (C=O) groups is 4. The first-order chi connectivity index (χ1) is 12.4. The normalized spacial score (nSPS) is 16.3. The fourth-order valence-corrected chi connectivity index (χ4v) is 2.65. The molecule has 0 aliphatic carbocycles. The Morgan fingerprint density at radius 1 is 1.19 bits per heavy atom. The molecular formula is C18H23N3O5. The number of amides is 4. The second kappa shape index (κ2) is 8.98. The van der Waals surface area contributed by atoms with Crippen LogP contribution in [0, 0.1) is 5.92 Å². The standard InChI is InChI=1S/C18H23N3O5/c1-3-12-5-7-14(8-6-12)21-10-13(9-16(21)23)17(24)26-11-15(22)20-18(25)19-4-2/h5-8,13H,3-4,9-11H2,1-2H3,(H2,19,20,22,25)/t13-/m0/s1. The molecule has 0 saturated carbocycles. The van der Waals surface area contributed by atoms with Crippen molar-refractivity contribution in [2.45, 2.75) is 26.7 Å². The van der Waals surface area contributed by atoms with Crippen LogP contribution in [0.3, 0.4) is 0 Å². The molecule has 1 atom stereocenters. The lowest BCUT2D eigenvalue weighted by atomic mass is 10.1. The minimum atomic E-state index is -0.722. The van der Waals surface area contributed by atoms with Crippen LogP contribution in [-0.4, -0.2) is 43.5 Å². The maximum Gasteiger partial charge on any atom is 0.321 e. The molecule has 1 saturated heterocycles. The van der Waals surface area contributed by atoms with Crippen LogP contribution < -0.4 is 15.5 Å². The summed E-state index contributed by atoms with van der Waals surface area (Å²) in [5, 5.41) is 4.43. The van der Waals surface area contributed by atoms with E-state index >= 15 is 0 Å². The maximum atomic E-state index is 12.2. The molecule has 1 aliphatic heterocycles. The molecule has 0 radical (unpaired) electrons. The number of urea groups is 1. The van der Waals surface area contributed by atoms with Crippen LogP contribution in [0.25, 0.3) is 0 Å². The van der Waals surface area contributed by atoms with Crippen molar-refractivity contribution in [3.05, 3.63) is 29.8 Å². The molecule has 8 nitrogen and oxygen atoms in total. The summed E-state index contributed by atoms with van der Waals surface area (Å²) in [5.41, 5.74) is 1.89. The largest absolute Gasteiger partial charge is 0.455 e. The lowest BCUT2D eigenvalue weighted by Gasteiger charge is -2.17. The van der Waals surface area contributed by atoms with E-state index in [0.29, 0.717) is 6.54 Å². The van der Waals surface area contributed by atoms with Gasteiger partial charge in [0, 0.05) is 25.2 Å². The molecule has 1 fully saturated rings. The first kappa shape index (κ1) is 19.4. The Morgan fingerprint density at radius 2 is 1.88 bits per heavy atom. The smallest absolute Gasteiger partial charge is 0.321 e.